The minimum atomic E-state index is -0.209. The van der Waals surface area contributed by atoms with Crippen molar-refractivity contribution >= 4 is 5.97 Å². The van der Waals surface area contributed by atoms with Crippen LogP contribution < -0.4 is 0 Å². The van der Waals surface area contributed by atoms with Crippen molar-refractivity contribution < 1.29 is 9.53 Å². The highest BCUT2D eigenvalue weighted by Gasteiger charge is 2.20. The SMILES string of the molecule is CCCC1CCCCN1CCCOC(=O)c1ccccc1. The Balaban J connectivity index is 1.68. The first-order valence-electron chi connectivity index (χ1n) is 8.27. The van der Waals surface area contributed by atoms with Crippen molar-refractivity contribution in [3.8, 4) is 0 Å². The first-order chi connectivity index (χ1) is 10.3. The summed E-state index contributed by atoms with van der Waals surface area (Å²) in [5, 5.41) is 0. The molecule has 1 unspecified atom stereocenters. The van der Waals surface area contributed by atoms with Crippen molar-refractivity contribution in [1.82, 2.24) is 4.90 Å². The average molecular weight is 289 g/mol. The van der Waals surface area contributed by atoms with Crippen molar-refractivity contribution in [2.75, 3.05) is 19.7 Å². The number of nitrogens with zero attached hydrogens (tertiary/aromatic N) is 1. The van der Waals surface area contributed by atoms with Crippen molar-refractivity contribution in [1.29, 1.82) is 0 Å². The number of benzene rings is 1. The van der Waals surface area contributed by atoms with Crippen molar-refractivity contribution in [3.63, 3.8) is 0 Å². The normalized spacial score (nSPS) is 19.4. The van der Waals surface area contributed by atoms with Crippen LogP contribution in [0, 0.1) is 0 Å². The molecule has 0 aliphatic carbocycles. The van der Waals surface area contributed by atoms with Gasteiger partial charge in [0.15, 0.2) is 0 Å². The monoisotopic (exact) mass is 289 g/mol. The van der Waals surface area contributed by atoms with Gasteiger partial charge in [-0.2, -0.15) is 0 Å². The maximum Gasteiger partial charge on any atom is 0.338 e. The Kier molecular flexibility index (Phi) is 6.74. The molecule has 21 heavy (non-hydrogen) atoms. The number of likely N-dealkylation sites (tertiary alicyclic amines) is 1. The number of piperidine rings is 1. The van der Waals surface area contributed by atoms with Gasteiger partial charge in [-0.15, -0.1) is 0 Å². The number of esters is 1. The van der Waals surface area contributed by atoms with Crippen molar-refractivity contribution in [2.45, 2.75) is 51.5 Å². The third-order valence-corrected chi connectivity index (χ3v) is 4.20. The molecule has 0 radical (unpaired) electrons. The molecule has 3 heteroatoms. The lowest BCUT2D eigenvalue weighted by molar-refractivity contribution is 0.0470. The number of hydrogen-bond acceptors (Lipinski definition) is 3. The zero-order valence-electron chi connectivity index (χ0n) is 13.1. The van der Waals surface area contributed by atoms with Gasteiger partial charge in [0.25, 0.3) is 0 Å². The van der Waals surface area contributed by atoms with E-state index in [1.165, 1.54) is 38.6 Å². The lowest BCUT2D eigenvalue weighted by Gasteiger charge is -2.35. The molecule has 1 atom stereocenters. The lowest BCUT2D eigenvalue weighted by atomic mass is 9.98. The molecule has 1 saturated heterocycles. The van der Waals surface area contributed by atoms with E-state index in [9.17, 15) is 4.79 Å². The first-order valence-corrected chi connectivity index (χ1v) is 8.27. The van der Waals surface area contributed by atoms with E-state index in [0.29, 0.717) is 12.2 Å². The minimum Gasteiger partial charge on any atom is -0.462 e. The Morgan fingerprint density at radius 3 is 2.86 bits per heavy atom. The minimum absolute atomic E-state index is 0.209. The Bertz CT molecular complexity index is 416. The van der Waals surface area contributed by atoms with Crippen molar-refractivity contribution in [2.24, 2.45) is 0 Å². The van der Waals surface area contributed by atoms with Gasteiger partial charge in [-0.05, 0) is 44.4 Å². The maximum absolute atomic E-state index is 11.8. The first kappa shape index (κ1) is 16.0. The topological polar surface area (TPSA) is 29.5 Å². The second kappa shape index (κ2) is 8.83. The van der Waals surface area contributed by atoms with E-state index >= 15 is 0 Å². The molecule has 1 fully saturated rings. The molecule has 1 heterocycles. The number of carbonyl (C=O) groups is 1. The van der Waals surface area contributed by atoms with Crippen LogP contribution in [0.25, 0.3) is 0 Å². The zero-order valence-corrected chi connectivity index (χ0v) is 13.1. The van der Waals surface area contributed by atoms with E-state index in [4.69, 9.17) is 4.74 Å². The Morgan fingerprint density at radius 1 is 1.29 bits per heavy atom. The van der Waals surface area contributed by atoms with E-state index < -0.39 is 0 Å². The van der Waals surface area contributed by atoms with Crippen LogP contribution in [-0.4, -0.2) is 36.6 Å². The predicted octanol–water partition coefficient (Wildman–Crippen LogP) is 3.89. The van der Waals surface area contributed by atoms with E-state index in [1.54, 1.807) is 12.1 Å². The molecule has 1 aromatic carbocycles. The third kappa shape index (κ3) is 5.16. The molecule has 0 saturated carbocycles. The van der Waals surface area contributed by atoms with Crippen LogP contribution in [-0.2, 0) is 4.74 Å². The third-order valence-electron chi connectivity index (χ3n) is 4.20. The number of carbonyl (C=O) groups excluding carboxylic acids is 1. The van der Waals surface area contributed by atoms with Crippen LogP contribution in [0.15, 0.2) is 30.3 Å². The summed E-state index contributed by atoms with van der Waals surface area (Å²) in [6, 6.07) is 9.96. The van der Waals surface area contributed by atoms with Crippen LogP contribution in [0.5, 0.6) is 0 Å². The van der Waals surface area contributed by atoms with E-state index in [2.05, 4.69) is 11.8 Å². The van der Waals surface area contributed by atoms with Gasteiger partial charge in [-0.25, -0.2) is 4.79 Å². The predicted molar refractivity (Wildman–Crippen MR) is 85.5 cm³/mol. The molecule has 0 bridgehead atoms. The molecule has 1 aliphatic rings. The van der Waals surface area contributed by atoms with Crippen LogP contribution >= 0.6 is 0 Å². The van der Waals surface area contributed by atoms with Crippen LogP contribution in [0.1, 0.15) is 55.8 Å². The highest BCUT2D eigenvalue weighted by molar-refractivity contribution is 5.89. The van der Waals surface area contributed by atoms with E-state index in [-0.39, 0.29) is 5.97 Å². The van der Waals surface area contributed by atoms with Gasteiger partial charge in [-0.1, -0.05) is 38.0 Å². The highest BCUT2D eigenvalue weighted by Crippen LogP contribution is 2.20. The fourth-order valence-corrected chi connectivity index (χ4v) is 3.10. The van der Waals surface area contributed by atoms with Gasteiger partial charge < -0.3 is 9.64 Å². The molecule has 3 nitrogen and oxygen atoms in total. The fraction of sp³-hybridized carbons (Fsp3) is 0.611. The van der Waals surface area contributed by atoms with Gasteiger partial charge in [0.2, 0.25) is 0 Å². The Morgan fingerprint density at radius 2 is 2.10 bits per heavy atom. The van der Waals surface area contributed by atoms with Gasteiger partial charge in [0.05, 0.1) is 12.2 Å². The highest BCUT2D eigenvalue weighted by atomic mass is 16.5. The summed E-state index contributed by atoms with van der Waals surface area (Å²) >= 11 is 0. The van der Waals surface area contributed by atoms with E-state index in [1.807, 2.05) is 18.2 Å². The van der Waals surface area contributed by atoms with Gasteiger partial charge >= 0.3 is 5.97 Å². The Labute approximate surface area is 128 Å². The summed E-state index contributed by atoms with van der Waals surface area (Å²) in [5.74, 6) is -0.209. The fourth-order valence-electron chi connectivity index (χ4n) is 3.10. The quantitative estimate of drug-likeness (QED) is 0.563. The van der Waals surface area contributed by atoms with Crippen LogP contribution in [0.2, 0.25) is 0 Å². The van der Waals surface area contributed by atoms with E-state index in [0.717, 1.165) is 19.0 Å². The summed E-state index contributed by atoms with van der Waals surface area (Å²) in [4.78, 5) is 14.4. The number of rotatable bonds is 7. The molecule has 2 rings (SSSR count). The summed E-state index contributed by atoms with van der Waals surface area (Å²) in [7, 11) is 0. The smallest absolute Gasteiger partial charge is 0.338 e. The summed E-state index contributed by atoms with van der Waals surface area (Å²) in [5.41, 5.74) is 0.638. The zero-order chi connectivity index (χ0) is 14.9. The second-order valence-corrected chi connectivity index (χ2v) is 5.83. The molecule has 116 valence electrons. The summed E-state index contributed by atoms with van der Waals surface area (Å²) < 4.78 is 5.35. The summed E-state index contributed by atoms with van der Waals surface area (Å²) in [6.45, 7) is 5.03. The average Bonchev–Trinajstić information content (AvgIpc) is 2.54. The van der Waals surface area contributed by atoms with Crippen LogP contribution in [0.4, 0.5) is 0 Å². The summed E-state index contributed by atoms with van der Waals surface area (Å²) in [6.07, 6.45) is 7.48. The molecule has 0 N–H and O–H groups in total. The molecule has 0 amide bonds. The van der Waals surface area contributed by atoms with Gasteiger partial charge in [0.1, 0.15) is 0 Å². The molecule has 1 aliphatic heterocycles. The van der Waals surface area contributed by atoms with Crippen molar-refractivity contribution in [3.05, 3.63) is 35.9 Å². The molecule has 1 aromatic rings. The number of ether oxygens (including phenoxy) is 1. The largest absolute Gasteiger partial charge is 0.462 e. The lowest BCUT2D eigenvalue weighted by Crippen LogP contribution is -2.40. The van der Waals surface area contributed by atoms with Gasteiger partial charge in [0, 0.05) is 12.6 Å². The number of hydrogen-bond donors (Lipinski definition) is 0. The maximum atomic E-state index is 11.8. The molecular formula is C18H27NO2. The second-order valence-electron chi connectivity index (χ2n) is 5.83. The molecule has 0 spiro atoms. The van der Waals surface area contributed by atoms with Gasteiger partial charge in [-0.3, -0.25) is 0 Å². The molecule has 0 aromatic heterocycles. The molecular weight excluding hydrogens is 262 g/mol. The standard InChI is InChI=1S/C18H27NO2/c1-2-9-17-12-6-7-13-19(17)14-8-15-21-18(20)16-10-4-3-5-11-16/h3-5,10-11,17H,2,6-9,12-15H2,1H3. The van der Waals surface area contributed by atoms with Crippen LogP contribution in [0.3, 0.4) is 0 Å². The Hall–Kier alpha value is -1.35.